The molecule has 3 aromatic rings. The zero-order valence-corrected chi connectivity index (χ0v) is 17.1. The summed E-state index contributed by atoms with van der Waals surface area (Å²) in [5.41, 5.74) is -0.611. The topological polar surface area (TPSA) is 60.2 Å². The van der Waals surface area contributed by atoms with Crippen LogP contribution in [0.3, 0.4) is 0 Å². The van der Waals surface area contributed by atoms with E-state index in [2.05, 4.69) is 10.1 Å². The van der Waals surface area contributed by atoms with Crippen molar-refractivity contribution in [2.75, 3.05) is 13.1 Å². The molecule has 1 aromatic carbocycles. The van der Waals surface area contributed by atoms with Gasteiger partial charge in [0, 0.05) is 13.1 Å². The molecule has 0 radical (unpaired) electrons. The van der Waals surface area contributed by atoms with Crippen LogP contribution >= 0.6 is 11.3 Å². The maximum atomic E-state index is 13.2. The highest BCUT2D eigenvalue weighted by molar-refractivity contribution is 7.13. The van der Waals surface area contributed by atoms with Crippen LogP contribution in [0.2, 0.25) is 0 Å². The number of alkyl halides is 3. The Labute approximate surface area is 174 Å². The molecule has 1 aliphatic rings. The number of carbonyl (C=O) groups is 1. The van der Waals surface area contributed by atoms with E-state index in [9.17, 15) is 18.0 Å². The minimum Gasteiger partial charge on any atom is -0.372 e. The molecule has 0 N–H and O–H groups in total. The van der Waals surface area contributed by atoms with E-state index in [-0.39, 0.29) is 29.6 Å². The van der Waals surface area contributed by atoms with Crippen LogP contribution < -0.4 is 0 Å². The number of aromatic nitrogens is 3. The number of ether oxygens (including phenoxy) is 1. The molecular formula is C20H19F3N4O2S. The second-order valence-electron chi connectivity index (χ2n) is 7.16. The van der Waals surface area contributed by atoms with Crippen molar-refractivity contribution < 1.29 is 22.7 Å². The third-order valence-corrected chi connectivity index (χ3v) is 5.53. The predicted molar refractivity (Wildman–Crippen MR) is 106 cm³/mol. The van der Waals surface area contributed by atoms with Gasteiger partial charge in [0.15, 0.2) is 5.82 Å². The molecule has 2 atom stereocenters. The van der Waals surface area contributed by atoms with Crippen molar-refractivity contribution in [3.63, 3.8) is 0 Å². The van der Waals surface area contributed by atoms with E-state index in [4.69, 9.17) is 4.74 Å². The standard InChI is InChI=1S/C20H19F3N4O2S/c1-12-10-26(11-13(2)29-12)19(28)17-24-18(16-7-4-8-30-16)27(25-17)15-6-3-5-14(9-15)20(21,22)23/h3-9,12-13H,10-11H2,1-2H3. The molecule has 30 heavy (non-hydrogen) atoms. The van der Waals surface area contributed by atoms with Crippen LogP contribution in [0.4, 0.5) is 13.2 Å². The van der Waals surface area contributed by atoms with Crippen LogP contribution in [0.5, 0.6) is 0 Å². The van der Waals surface area contributed by atoms with E-state index in [1.165, 1.54) is 28.2 Å². The highest BCUT2D eigenvalue weighted by Crippen LogP contribution is 2.32. The van der Waals surface area contributed by atoms with Gasteiger partial charge in [-0.3, -0.25) is 4.79 Å². The van der Waals surface area contributed by atoms with Crippen LogP contribution in [-0.4, -0.2) is 50.9 Å². The van der Waals surface area contributed by atoms with E-state index in [0.29, 0.717) is 23.8 Å². The summed E-state index contributed by atoms with van der Waals surface area (Å²) in [6.07, 6.45) is -4.74. The van der Waals surface area contributed by atoms with Crippen molar-refractivity contribution in [3.05, 3.63) is 53.2 Å². The summed E-state index contributed by atoms with van der Waals surface area (Å²) in [7, 11) is 0. The molecule has 10 heteroatoms. The van der Waals surface area contributed by atoms with Crippen molar-refractivity contribution in [3.8, 4) is 16.4 Å². The summed E-state index contributed by atoms with van der Waals surface area (Å²) in [6, 6.07) is 8.40. The van der Waals surface area contributed by atoms with Gasteiger partial charge < -0.3 is 9.64 Å². The highest BCUT2D eigenvalue weighted by atomic mass is 32.1. The first-order chi connectivity index (χ1) is 14.2. The summed E-state index contributed by atoms with van der Waals surface area (Å²) < 4.78 is 46.5. The molecule has 1 amide bonds. The average molecular weight is 436 g/mol. The van der Waals surface area contributed by atoms with Crippen molar-refractivity contribution in [2.45, 2.75) is 32.2 Å². The quantitative estimate of drug-likeness (QED) is 0.616. The smallest absolute Gasteiger partial charge is 0.372 e. The number of morpholine rings is 1. The first-order valence-corrected chi connectivity index (χ1v) is 10.2. The minimum absolute atomic E-state index is 0.0582. The maximum absolute atomic E-state index is 13.2. The molecule has 0 bridgehead atoms. The Bertz CT molecular complexity index is 1040. The van der Waals surface area contributed by atoms with Gasteiger partial charge in [-0.05, 0) is 43.5 Å². The summed E-state index contributed by atoms with van der Waals surface area (Å²) in [4.78, 5) is 19.7. The monoisotopic (exact) mass is 436 g/mol. The molecule has 1 saturated heterocycles. The fourth-order valence-electron chi connectivity index (χ4n) is 3.45. The van der Waals surface area contributed by atoms with Crippen molar-refractivity contribution >= 4 is 17.2 Å². The zero-order chi connectivity index (χ0) is 21.5. The molecule has 0 aliphatic carbocycles. The third-order valence-electron chi connectivity index (χ3n) is 4.66. The number of hydrogen-bond acceptors (Lipinski definition) is 5. The Morgan fingerprint density at radius 3 is 2.53 bits per heavy atom. The lowest BCUT2D eigenvalue weighted by molar-refractivity contribution is -0.137. The van der Waals surface area contributed by atoms with Gasteiger partial charge >= 0.3 is 6.18 Å². The van der Waals surface area contributed by atoms with Gasteiger partial charge in [0.25, 0.3) is 5.91 Å². The fourth-order valence-corrected chi connectivity index (χ4v) is 4.15. The summed E-state index contributed by atoms with van der Waals surface area (Å²) in [5.74, 6) is -0.111. The fraction of sp³-hybridized carbons (Fsp3) is 0.350. The number of carbonyl (C=O) groups excluding carboxylic acids is 1. The van der Waals surface area contributed by atoms with E-state index >= 15 is 0 Å². The van der Waals surface area contributed by atoms with Crippen LogP contribution in [0.25, 0.3) is 16.4 Å². The Hall–Kier alpha value is -2.72. The Morgan fingerprint density at radius 2 is 1.90 bits per heavy atom. The van der Waals surface area contributed by atoms with Crippen molar-refractivity contribution in [2.24, 2.45) is 0 Å². The predicted octanol–water partition coefficient (Wildman–Crippen LogP) is 4.26. The molecule has 0 spiro atoms. The van der Waals surface area contributed by atoms with Gasteiger partial charge in [-0.15, -0.1) is 16.4 Å². The lowest BCUT2D eigenvalue weighted by Gasteiger charge is -2.34. The normalized spacial score (nSPS) is 19.8. The molecule has 1 fully saturated rings. The number of nitrogens with zero attached hydrogens (tertiary/aromatic N) is 4. The molecule has 4 rings (SSSR count). The number of hydrogen-bond donors (Lipinski definition) is 0. The van der Waals surface area contributed by atoms with Gasteiger partial charge in [0.05, 0.1) is 28.3 Å². The molecule has 3 heterocycles. The van der Waals surface area contributed by atoms with E-state index in [1.54, 1.807) is 17.0 Å². The number of benzene rings is 1. The Morgan fingerprint density at radius 1 is 1.17 bits per heavy atom. The number of thiophene rings is 1. The van der Waals surface area contributed by atoms with Gasteiger partial charge in [-0.1, -0.05) is 12.1 Å². The first-order valence-electron chi connectivity index (χ1n) is 9.35. The maximum Gasteiger partial charge on any atom is 0.416 e. The average Bonchev–Trinajstić information content (AvgIpc) is 3.36. The molecular weight excluding hydrogens is 417 g/mol. The second-order valence-corrected chi connectivity index (χ2v) is 8.11. The summed E-state index contributed by atoms with van der Waals surface area (Å²) in [6.45, 7) is 4.55. The highest BCUT2D eigenvalue weighted by Gasteiger charge is 2.32. The molecule has 2 unspecified atom stereocenters. The van der Waals surface area contributed by atoms with Crippen molar-refractivity contribution in [1.29, 1.82) is 0 Å². The van der Waals surface area contributed by atoms with E-state index in [0.717, 1.165) is 12.1 Å². The van der Waals surface area contributed by atoms with Crippen LogP contribution in [0, 0.1) is 0 Å². The van der Waals surface area contributed by atoms with Crippen LogP contribution in [0.15, 0.2) is 41.8 Å². The number of rotatable bonds is 3. The third kappa shape index (κ3) is 4.10. The number of amides is 1. The second kappa shape index (κ2) is 7.84. The lowest BCUT2D eigenvalue weighted by Crippen LogP contribution is -2.48. The van der Waals surface area contributed by atoms with Crippen LogP contribution in [-0.2, 0) is 10.9 Å². The van der Waals surface area contributed by atoms with E-state index in [1.807, 2.05) is 19.2 Å². The van der Waals surface area contributed by atoms with Gasteiger partial charge in [-0.2, -0.15) is 13.2 Å². The van der Waals surface area contributed by atoms with Crippen LogP contribution in [0.1, 0.15) is 30.0 Å². The molecule has 2 aromatic heterocycles. The summed E-state index contributed by atoms with van der Waals surface area (Å²) >= 11 is 1.37. The molecule has 158 valence electrons. The molecule has 0 saturated carbocycles. The SMILES string of the molecule is CC1CN(C(=O)c2nc(-c3cccs3)n(-c3cccc(C(F)(F)F)c3)n2)CC(C)O1. The van der Waals surface area contributed by atoms with Gasteiger partial charge in [0.2, 0.25) is 5.82 Å². The first kappa shape index (κ1) is 20.5. The lowest BCUT2D eigenvalue weighted by atomic mass is 10.2. The van der Waals surface area contributed by atoms with E-state index < -0.39 is 11.7 Å². The Balaban J connectivity index is 1.76. The number of halogens is 3. The zero-order valence-electron chi connectivity index (χ0n) is 16.3. The minimum atomic E-state index is -4.49. The van der Waals surface area contributed by atoms with Gasteiger partial charge in [-0.25, -0.2) is 9.67 Å². The Kier molecular flexibility index (Phi) is 5.37. The van der Waals surface area contributed by atoms with Crippen molar-refractivity contribution in [1.82, 2.24) is 19.7 Å². The summed E-state index contributed by atoms with van der Waals surface area (Å²) in [5, 5.41) is 6.12. The molecule has 6 nitrogen and oxygen atoms in total. The van der Waals surface area contributed by atoms with Gasteiger partial charge in [0.1, 0.15) is 0 Å². The largest absolute Gasteiger partial charge is 0.416 e. The molecule has 1 aliphatic heterocycles.